The zero-order valence-corrected chi connectivity index (χ0v) is 19.5. The fraction of sp³-hybridized carbons (Fsp3) is 0.458. The Morgan fingerprint density at radius 2 is 1.81 bits per heavy atom. The summed E-state index contributed by atoms with van der Waals surface area (Å²) in [6.45, 7) is 5.31. The molecule has 2 aromatic rings. The molecule has 2 aliphatic heterocycles. The van der Waals surface area contributed by atoms with Gasteiger partial charge in [0, 0.05) is 13.1 Å². The summed E-state index contributed by atoms with van der Waals surface area (Å²) in [4.78, 5) is 15.4. The summed E-state index contributed by atoms with van der Waals surface area (Å²) >= 11 is 0. The van der Waals surface area contributed by atoms with E-state index in [1.54, 1.807) is 12.1 Å². The summed E-state index contributed by atoms with van der Waals surface area (Å²) in [5.41, 5.74) is 3.67. The van der Waals surface area contributed by atoms with Crippen LogP contribution in [0.5, 0.6) is 5.75 Å². The van der Waals surface area contributed by atoms with Crippen molar-refractivity contribution in [1.29, 1.82) is 0 Å². The lowest BCUT2D eigenvalue weighted by Crippen LogP contribution is -2.50. The predicted molar refractivity (Wildman–Crippen MR) is 125 cm³/mol. The normalized spacial score (nSPS) is 19.2. The fourth-order valence-electron chi connectivity index (χ4n) is 4.35. The second-order valence-corrected chi connectivity index (χ2v) is 10.6. The predicted octanol–water partition coefficient (Wildman–Crippen LogP) is 2.82. The van der Waals surface area contributed by atoms with E-state index in [0.29, 0.717) is 18.0 Å². The summed E-state index contributed by atoms with van der Waals surface area (Å²) in [6.07, 6.45) is 4.00. The number of carbonyl (C=O) groups is 1. The molecular formula is C24H31N3O4S. The zero-order valence-electron chi connectivity index (χ0n) is 18.7. The summed E-state index contributed by atoms with van der Waals surface area (Å²) < 4.78 is 31.9. The zero-order chi connectivity index (χ0) is 22.7. The number of benzene rings is 2. The van der Waals surface area contributed by atoms with Crippen LogP contribution in [0, 0.1) is 6.92 Å². The molecule has 1 N–H and O–H groups in total. The maximum Gasteiger partial charge on any atom is 0.263 e. The van der Waals surface area contributed by atoms with Crippen molar-refractivity contribution in [3.8, 4) is 5.75 Å². The molecule has 0 aliphatic carbocycles. The van der Waals surface area contributed by atoms with Gasteiger partial charge in [-0.15, -0.1) is 0 Å². The van der Waals surface area contributed by atoms with Crippen LogP contribution in [0.15, 0.2) is 42.5 Å². The van der Waals surface area contributed by atoms with E-state index in [0.717, 1.165) is 37.0 Å². The molecule has 0 saturated carbocycles. The minimum absolute atomic E-state index is 0.0451. The topological polar surface area (TPSA) is 79.0 Å². The van der Waals surface area contributed by atoms with Crippen LogP contribution in [-0.4, -0.2) is 51.2 Å². The smallest absolute Gasteiger partial charge is 0.263 e. The maximum absolute atomic E-state index is 13.0. The first-order chi connectivity index (χ1) is 15.3. The summed E-state index contributed by atoms with van der Waals surface area (Å²) in [6, 6.07) is 13.5. The first-order valence-corrected chi connectivity index (χ1v) is 13.0. The van der Waals surface area contributed by atoms with Gasteiger partial charge >= 0.3 is 0 Å². The minimum Gasteiger partial charge on any atom is -0.476 e. The molecule has 8 heteroatoms. The number of amides is 1. The molecule has 0 unspecified atom stereocenters. The number of piperidine rings is 1. The molecule has 1 fully saturated rings. The molecule has 1 atom stereocenters. The Hall–Kier alpha value is -2.58. The molecular weight excluding hydrogens is 426 g/mol. The van der Waals surface area contributed by atoms with Gasteiger partial charge < -0.3 is 10.1 Å². The number of nitrogens with one attached hydrogen (secondary N) is 1. The van der Waals surface area contributed by atoms with Crippen LogP contribution in [0.3, 0.4) is 0 Å². The number of aryl methyl sites for hydroxylation is 1. The second-order valence-electron chi connectivity index (χ2n) is 8.70. The maximum atomic E-state index is 13.0. The highest BCUT2D eigenvalue weighted by molar-refractivity contribution is 7.92. The van der Waals surface area contributed by atoms with Crippen LogP contribution in [0.2, 0.25) is 0 Å². The van der Waals surface area contributed by atoms with Gasteiger partial charge in [0.2, 0.25) is 10.0 Å². The van der Waals surface area contributed by atoms with E-state index < -0.39 is 16.1 Å². The number of carbonyl (C=O) groups excluding carboxylic acids is 1. The van der Waals surface area contributed by atoms with E-state index in [-0.39, 0.29) is 12.5 Å². The number of hydrogen-bond donors (Lipinski definition) is 1. The Kier molecular flexibility index (Phi) is 6.71. The Labute approximate surface area is 190 Å². The van der Waals surface area contributed by atoms with Crippen molar-refractivity contribution in [2.24, 2.45) is 0 Å². The molecule has 4 rings (SSSR count). The number of fused-ring (bicyclic) bond motifs is 1. The molecule has 2 heterocycles. The van der Waals surface area contributed by atoms with Crippen LogP contribution < -0.4 is 14.4 Å². The highest BCUT2D eigenvalue weighted by Crippen LogP contribution is 2.35. The van der Waals surface area contributed by atoms with Crippen molar-refractivity contribution in [1.82, 2.24) is 10.2 Å². The van der Waals surface area contributed by atoms with Gasteiger partial charge in [0.15, 0.2) is 6.10 Å². The number of hydrogen-bond acceptors (Lipinski definition) is 5. The van der Waals surface area contributed by atoms with Crippen LogP contribution in [0.25, 0.3) is 0 Å². The number of likely N-dealkylation sites (tertiary alicyclic amines) is 1. The van der Waals surface area contributed by atoms with E-state index >= 15 is 0 Å². The van der Waals surface area contributed by atoms with Gasteiger partial charge in [-0.3, -0.25) is 14.0 Å². The second kappa shape index (κ2) is 9.50. The van der Waals surface area contributed by atoms with Gasteiger partial charge in [0.1, 0.15) is 5.75 Å². The van der Waals surface area contributed by atoms with Gasteiger partial charge in [0.05, 0.1) is 18.5 Å². The molecule has 2 aliphatic rings. The minimum atomic E-state index is -3.54. The molecule has 7 nitrogen and oxygen atoms in total. The van der Waals surface area contributed by atoms with E-state index in [9.17, 15) is 13.2 Å². The Morgan fingerprint density at radius 1 is 1.09 bits per heavy atom. The third-order valence-electron chi connectivity index (χ3n) is 6.09. The Bertz CT molecular complexity index is 1080. The lowest BCUT2D eigenvalue weighted by molar-refractivity contribution is -0.127. The first kappa shape index (κ1) is 22.6. The Balaban J connectivity index is 1.45. The average molecular weight is 458 g/mol. The number of nitrogens with zero attached hydrogens (tertiary/aromatic N) is 2. The van der Waals surface area contributed by atoms with E-state index in [2.05, 4.69) is 16.3 Å². The van der Waals surface area contributed by atoms with Crippen molar-refractivity contribution in [3.63, 3.8) is 0 Å². The quantitative estimate of drug-likeness (QED) is 0.722. The van der Waals surface area contributed by atoms with Crippen LogP contribution >= 0.6 is 0 Å². The summed E-state index contributed by atoms with van der Waals surface area (Å²) in [5.74, 6) is 0.0792. The van der Waals surface area contributed by atoms with Crippen LogP contribution in [-0.2, 0) is 27.9 Å². The van der Waals surface area contributed by atoms with E-state index in [1.807, 2.05) is 31.2 Å². The first-order valence-electron chi connectivity index (χ1n) is 11.1. The molecule has 1 amide bonds. The monoisotopic (exact) mass is 457 g/mol. The number of ether oxygens (including phenoxy) is 1. The van der Waals surface area contributed by atoms with E-state index in [4.69, 9.17) is 4.74 Å². The summed E-state index contributed by atoms with van der Waals surface area (Å²) in [7, 11) is -3.54. The number of anilines is 1. The molecule has 32 heavy (non-hydrogen) atoms. The Morgan fingerprint density at radius 3 is 2.53 bits per heavy atom. The van der Waals surface area contributed by atoms with Gasteiger partial charge in [0.25, 0.3) is 5.91 Å². The molecule has 0 spiro atoms. The molecule has 0 aromatic heterocycles. The van der Waals surface area contributed by atoms with E-state index in [1.165, 1.54) is 29.1 Å². The van der Waals surface area contributed by atoms with Crippen molar-refractivity contribution in [2.45, 2.75) is 45.4 Å². The van der Waals surface area contributed by atoms with Crippen molar-refractivity contribution >= 4 is 21.6 Å². The standard InChI is InChI=1S/C24H31N3O4S/c1-18-10-11-22-21(14-18)27(32(2,29)30)17-23(31-22)24(28)25-15-19-8-4-5-9-20(19)16-26-12-6-3-7-13-26/h4-5,8-11,14,23H,3,6-7,12-13,15-17H2,1-2H3,(H,25,28)/t23-/m0/s1. The van der Waals surface area contributed by atoms with Crippen molar-refractivity contribution in [2.75, 3.05) is 30.2 Å². The third-order valence-corrected chi connectivity index (χ3v) is 7.24. The van der Waals surface area contributed by atoms with Crippen molar-refractivity contribution in [3.05, 3.63) is 59.2 Å². The molecule has 0 radical (unpaired) electrons. The van der Waals surface area contributed by atoms with Gasteiger partial charge in [-0.25, -0.2) is 8.42 Å². The summed E-state index contributed by atoms with van der Waals surface area (Å²) in [5, 5.41) is 2.96. The van der Waals surface area contributed by atoms with Gasteiger partial charge in [-0.1, -0.05) is 36.8 Å². The van der Waals surface area contributed by atoms with Crippen LogP contribution in [0.4, 0.5) is 5.69 Å². The lowest BCUT2D eigenvalue weighted by atomic mass is 10.0. The molecule has 2 aromatic carbocycles. The molecule has 1 saturated heterocycles. The molecule has 172 valence electrons. The lowest BCUT2D eigenvalue weighted by Gasteiger charge is -2.34. The highest BCUT2D eigenvalue weighted by Gasteiger charge is 2.35. The van der Waals surface area contributed by atoms with Gasteiger partial charge in [-0.05, 0) is 61.7 Å². The van der Waals surface area contributed by atoms with Crippen LogP contribution in [0.1, 0.15) is 36.0 Å². The number of sulfonamides is 1. The number of rotatable bonds is 6. The van der Waals surface area contributed by atoms with Crippen molar-refractivity contribution < 1.29 is 17.9 Å². The SMILES string of the molecule is Cc1ccc2c(c1)N(S(C)(=O)=O)C[C@@H](C(=O)NCc1ccccc1CN1CCCCC1)O2. The molecule has 0 bridgehead atoms. The van der Waals surface area contributed by atoms with Gasteiger partial charge in [-0.2, -0.15) is 0 Å². The third kappa shape index (κ3) is 5.24. The largest absolute Gasteiger partial charge is 0.476 e. The average Bonchev–Trinajstić information content (AvgIpc) is 2.77. The highest BCUT2D eigenvalue weighted by atomic mass is 32.2. The fourth-order valence-corrected chi connectivity index (χ4v) is 5.26.